The lowest BCUT2D eigenvalue weighted by Crippen LogP contribution is -2.41. The molecule has 3 nitrogen and oxygen atoms in total. The van der Waals surface area contributed by atoms with E-state index in [0.29, 0.717) is 12.6 Å². The average Bonchev–Trinajstić information content (AvgIpc) is 2.43. The Labute approximate surface area is 87.4 Å². The molecule has 14 heavy (non-hydrogen) atoms. The van der Waals surface area contributed by atoms with Gasteiger partial charge < -0.3 is 15.8 Å². The molecule has 3 N–H and O–H groups in total. The van der Waals surface area contributed by atoms with Gasteiger partial charge >= 0.3 is 0 Å². The maximum absolute atomic E-state index is 5.85. The van der Waals surface area contributed by atoms with Crippen LogP contribution in [-0.4, -0.2) is 32.3 Å². The number of hydrogen-bond acceptors (Lipinski definition) is 3. The van der Waals surface area contributed by atoms with Gasteiger partial charge in [0.25, 0.3) is 0 Å². The molecule has 1 aliphatic carbocycles. The standard InChI is InChI=1S/C11H24N2O/c1-14-9-10(12)8-13-11-6-4-2-3-5-7-11/h10-11,13H,2-9,12H2,1H3. The van der Waals surface area contributed by atoms with Crippen molar-refractivity contribution >= 4 is 0 Å². The van der Waals surface area contributed by atoms with Gasteiger partial charge in [0.15, 0.2) is 0 Å². The zero-order chi connectivity index (χ0) is 10.2. The third kappa shape index (κ3) is 4.94. The molecular formula is C11H24N2O. The molecule has 0 aromatic rings. The Morgan fingerprint density at radius 1 is 1.29 bits per heavy atom. The Balaban J connectivity index is 2.09. The monoisotopic (exact) mass is 200 g/mol. The Kier molecular flexibility index (Phi) is 6.15. The smallest absolute Gasteiger partial charge is 0.0626 e. The van der Waals surface area contributed by atoms with Crippen molar-refractivity contribution in [3.05, 3.63) is 0 Å². The molecule has 0 bridgehead atoms. The summed E-state index contributed by atoms with van der Waals surface area (Å²) in [6, 6.07) is 0.837. The van der Waals surface area contributed by atoms with Crippen LogP contribution in [0.5, 0.6) is 0 Å². The van der Waals surface area contributed by atoms with Crippen molar-refractivity contribution in [2.24, 2.45) is 5.73 Å². The quantitative estimate of drug-likeness (QED) is 0.657. The number of methoxy groups -OCH3 is 1. The molecule has 0 aliphatic heterocycles. The zero-order valence-electron chi connectivity index (χ0n) is 9.30. The fourth-order valence-corrected chi connectivity index (χ4v) is 2.07. The lowest BCUT2D eigenvalue weighted by atomic mass is 10.1. The predicted octanol–water partition coefficient (Wildman–Crippen LogP) is 1.27. The van der Waals surface area contributed by atoms with Crippen LogP contribution in [-0.2, 0) is 4.74 Å². The first-order chi connectivity index (χ1) is 6.83. The molecule has 0 saturated heterocycles. The van der Waals surface area contributed by atoms with Gasteiger partial charge in [-0.3, -0.25) is 0 Å². The molecule has 0 aromatic carbocycles. The summed E-state index contributed by atoms with van der Waals surface area (Å²) >= 11 is 0. The maximum Gasteiger partial charge on any atom is 0.0626 e. The lowest BCUT2D eigenvalue weighted by Gasteiger charge is -2.19. The van der Waals surface area contributed by atoms with E-state index >= 15 is 0 Å². The second kappa shape index (κ2) is 7.21. The predicted molar refractivity (Wildman–Crippen MR) is 59.3 cm³/mol. The van der Waals surface area contributed by atoms with E-state index in [2.05, 4.69) is 5.32 Å². The average molecular weight is 200 g/mol. The van der Waals surface area contributed by atoms with E-state index in [0.717, 1.165) is 6.54 Å². The molecule has 1 unspecified atom stereocenters. The highest BCUT2D eigenvalue weighted by atomic mass is 16.5. The first-order valence-corrected chi connectivity index (χ1v) is 5.81. The largest absolute Gasteiger partial charge is 0.383 e. The van der Waals surface area contributed by atoms with Gasteiger partial charge in [-0.1, -0.05) is 25.7 Å². The molecule has 0 heterocycles. The van der Waals surface area contributed by atoms with Crippen LogP contribution in [0.2, 0.25) is 0 Å². The highest BCUT2D eigenvalue weighted by Gasteiger charge is 2.12. The summed E-state index contributed by atoms with van der Waals surface area (Å²) in [6.07, 6.45) is 8.19. The van der Waals surface area contributed by atoms with Gasteiger partial charge in [0.2, 0.25) is 0 Å². The highest BCUT2D eigenvalue weighted by molar-refractivity contribution is 4.73. The molecule has 1 saturated carbocycles. The normalized spacial score (nSPS) is 21.9. The van der Waals surface area contributed by atoms with E-state index in [4.69, 9.17) is 10.5 Å². The zero-order valence-corrected chi connectivity index (χ0v) is 9.30. The number of rotatable bonds is 5. The second-order valence-electron chi connectivity index (χ2n) is 4.31. The van der Waals surface area contributed by atoms with Crippen molar-refractivity contribution < 1.29 is 4.74 Å². The van der Waals surface area contributed by atoms with Crippen LogP contribution in [0.3, 0.4) is 0 Å². The number of hydrogen-bond donors (Lipinski definition) is 2. The third-order valence-corrected chi connectivity index (χ3v) is 2.90. The molecule has 0 spiro atoms. The lowest BCUT2D eigenvalue weighted by molar-refractivity contribution is 0.177. The fourth-order valence-electron chi connectivity index (χ4n) is 2.07. The number of nitrogens with two attached hydrogens (primary N) is 1. The Morgan fingerprint density at radius 2 is 1.93 bits per heavy atom. The molecule has 1 atom stereocenters. The van der Waals surface area contributed by atoms with Crippen molar-refractivity contribution in [3.8, 4) is 0 Å². The van der Waals surface area contributed by atoms with E-state index in [1.165, 1.54) is 38.5 Å². The first-order valence-electron chi connectivity index (χ1n) is 5.81. The minimum absolute atomic E-state index is 0.142. The third-order valence-electron chi connectivity index (χ3n) is 2.90. The maximum atomic E-state index is 5.85. The van der Waals surface area contributed by atoms with Crippen LogP contribution in [0.1, 0.15) is 38.5 Å². The highest BCUT2D eigenvalue weighted by Crippen LogP contribution is 2.16. The summed E-state index contributed by atoms with van der Waals surface area (Å²) < 4.78 is 5.00. The summed E-state index contributed by atoms with van der Waals surface area (Å²) in [5, 5.41) is 3.54. The Bertz CT molecular complexity index is 133. The van der Waals surface area contributed by atoms with Gasteiger partial charge in [0.1, 0.15) is 0 Å². The molecule has 3 heteroatoms. The summed E-state index contributed by atoms with van der Waals surface area (Å²) in [6.45, 7) is 1.54. The molecule has 0 aromatic heterocycles. The molecular weight excluding hydrogens is 176 g/mol. The van der Waals surface area contributed by atoms with E-state index in [1.54, 1.807) is 7.11 Å². The Morgan fingerprint density at radius 3 is 2.50 bits per heavy atom. The van der Waals surface area contributed by atoms with Crippen molar-refractivity contribution in [2.75, 3.05) is 20.3 Å². The summed E-state index contributed by atoms with van der Waals surface area (Å²) in [5.74, 6) is 0. The molecule has 1 aliphatic rings. The number of ether oxygens (including phenoxy) is 1. The number of nitrogens with one attached hydrogen (secondary N) is 1. The van der Waals surface area contributed by atoms with Crippen molar-refractivity contribution in [2.45, 2.75) is 50.6 Å². The fraction of sp³-hybridized carbons (Fsp3) is 1.00. The van der Waals surface area contributed by atoms with Gasteiger partial charge in [0, 0.05) is 25.7 Å². The Hall–Kier alpha value is -0.120. The van der Waals surface area contributed by atoms with E-state index in [-0.39, 0.29) is 6.04 Å². The van der Waals surface area contributed by atoms with Crippen LogP contribution in [0.25, 0.3) is 0 Å². The minimum atomic E-state index is 0.142. The van der Waals surface area contributed by atoms with Gasteiger partial charge in [-0.25, -0.2) is 0 Å². The molecule has 0 amide bonds. The summed E-state index contributed by atoms with van der Waals surface area (Å²) in [5.41, 5.74) is 5.85. The van der Waals surface area contributed by atoms with E-state index < -0.39 is 0 Å². The van der Waals surface area contributed by atoms with Gasteiger partial charge in [-0.05, 0) is 12.8 Å². The molecule has 1 fully saturated rings. The molecule has 84 valence electrons. The molecule has 0 radical (unpaired) electrons. The van der Waals surface area contributed by atoms with Crippen LogP contribution >= 0.6 is 0 Å². The van der Waals surface area contributed by atoms with Crippen molar-refractivity contribution in [1.29, 1.82) is 0 Å². The van der Waals surface area contributed by atoms with Crippen molar-refractivity contribution in [1.82, 2.24) is 5.32 Å². The van der Waals surface area contributed by atoms with E-state index in [9.17, 15) is 0 Å². The minimum Gasteiger partial charge on any atom is -0.383 e. The van der Waals surface area contributed by atoms with Crippen LogP contribution in [0.4, 0.5) is 0 Å². The summed E-state index contributed by atoms with van der Waals surface area (Å²) in [7, 11) is 1.70. The van der Waals surface area contributed by atoms with E-state index in [1.807, 2.05) is 0 Å². The van der Waals surface area contributed by atoms with Crippen LogP contribution in [0, 0.1) is 0 Å². The second-order valence-corrected chi connectivity index (χ2v) is 4.31. The molecule has 1 rings (SSSR count). The van der Waals surface area contributed by atoms with Gasteiger partial charge in [-0.15, -0.1) is 0 Å². The van der Waals surface area contributed by atoms with Crippen LogP contribution < -0.4 is 11.1 Å². The SMILES string of the molecule is COCC(N)CNC1CCCCCC1. The first kappa shape index (κ1) is 12.0. The van der Waals surface area contributed by atoms with Gasteiger partial charge in [-0.2, -0.15) is 0 Å². The topological polar surface area (TPSA) is 47.3 Å². The summed E-state index contributed by atoms with van der Waals surface area (Å²) in [4.78, 5) is 0. The van der Waals surface area contributed by atoms with Crippen LogP contribution in [0.15, 0.2) is 0 Å². The van der Waals surface area contributed by atoms with Gasteiger partial charge in [0.05, 0.1) is 6.61 Å². The van der Waals surface area contributed by atoms with Crippen molar-refractivity contribution in [3.63, 3.8) is 0 Å².